The number of nitrogens with two attached hydrogens (primary N) is 1. The minimum absolute atomic E-state index is 0.0261. The highest BCUT2D eigenvalue weighted by atomic mass is 16.5. The molecule has 25 heavy (non-hydrogen) atoms. The molecule has 0 saturated carbocycles. The van der Waals surface area contributed by atoms with Gasteiger partial charge in [-0.3, -0.25) is 9.78 Å². The highest BCUT2D eigenvalue weighted by Gasteiger charge is 2.32. The van der Waals surface area contributed by atoms with E-state index >= 15 is 0 Å². The third-order valence-corrected chi connectivity index (χ3v) is 4.27. The highest BCUT2D eigenvalue weighted by molar-refractivity contribution is 5.85. The van der Waals surface area contributed by atoms with Gasteiger partial charge >= 0.3 is 0 Å². The summed E-state index contributed by atoms with van der Waals surface area (Å²) >= 11 is 0. The Morgan fingerprint density at radius 3 is 2.76 bits per heavy atom. The first-order valence-electron chi connectivity index (χ1n) is 8.56. The summed E-state index contributed by atoms with van der Waals surface area (Å²) in [6.07, 6.45) is 5.26. The summed E-state index contributed by atoms with van der Waals surface area (Å²) < 4.78 is 5.76. The van der Waals surface area contributed by atoms with Crippen LogP contribution in [0, 0.1) is 0 Å². The zero-order valence-corrected chi connectivity index (χ0v) is 14.7. The van der Waals surface area contributed by atoms with Crippen molar-refractivity contribution in [2.24, 2.45) is 5.73 Å². The monoisotopic (exact) mass is 340 g/mol. The van der Waals surface area contributed by atoms with Crippen LogP contribution in [0.4, 0.5) is 0 Å². The van der Waals surface area contributed by atoms with Crippen molar-refractivity contribution in [3.63, 3.8) is 0 Å². The maximum atomic E-state index is 12.4. The van der Waals surface area contributed by atoms with Gasteiger partial charge in [-0.1, -0.05) is 18.2 Å². The Morgan fingerprint density at radius 1 is 1.28 bits per heavy atom. The molecule has 1 atom stereocenters. The minimum Gasteiger partial charge on any atom is -0.437 e. The Morgan fingerprint density at radius 2 is 2.04 bits per heavy atom. The van der Waals surface area contributed by atoms with Crippen molar-refractivity contribution >= 4 is 5.91 Å². The molecule has 6 nitrogen and oxygen atoms in total. The molecular weight excluding hydrogens is 316 g/mol. The first kappa shape index (κ1) is 17.4. The van der Waals surface area contributed by atoms with Crippen LogP contribution in [-0.2, 0) is 4.79 Å². The SMILES string of the molecule is CC(C)(N)C(=O)N1CCCC(c2cncc(Oc3ccccc3)n2)C1. The van der Waals surface area contributed by atoms with Crippen molar-refractivity contribution in [3.05, 3.63) is 48.4 Å². The molecule has 1 fully saturated rings. The number of likely N-dealkylation sites (tertiary alicyclic amines) is 1. The van der Waals surface area contributed by atoms with Gasteiger partial charge in [-0.05, 0) is 38.8 Å². The Bertz CT molecular complexity index is 728. The molecule has 1 amide bonds. The molecule has 2 heterocycles. The van der Waals surface area contributed by atoms with Crippen molar-refractivity contribution in [2.75, 3.05) is 13.1 Å². The van der Waals surface area contributed by atoms with Gasteiger partial charge in [0.25, 0.3) is 0 Å². The average molecular weight is 340 g/mol. The smallest absolute Gasteiger partial charge is 0.242 e. The molecule has 2 N–H and O–H groups in total. The lowest BCUT2D eigenvalue weighted by atomic mass is 9.93. The average Bonchev–Trinajstić information content (AvgIpc) is 2.61. The van der Waals surface area contributed by atoms with Gasteiger partial charge in [0.05, 0.1) is 17.4 Å². The summed E-state index contributed by atoms with van der Waals surface area (Å²) in [5.41, 5.74) is 5.96. The number of rotatable bonds is 4. The van der Waals surface area contributed by atoms with Gasteiger partial charge in [0.1, 0.15) is 5.75 Å². The van der Waals surface area contributed by atoms with Crippen LogP contribution in [0.1, 0.15) is 38.3 Å². The lowest BCUT2D eigenvalue weighted by Gasteiger charge is -2.36. The third-order valence-electron chi connectivity index (χ3n) is 4.27. The van der Waals surface area contributed by atoms with E-state index in [1.54, 1.807) is 26.2 Å². The molecule has 0 radical (unpaired) electrons. The van der Waals surface area contributed by atoms with Gasteiger partial charge in [-0.25, -0.2) is 4.98 Å². The Labute approximate surface area is 148 Å². The lowest BCUT2D eigenvalue weighted by molar-refractivity contribution is -0.137. The molecule has 0 spiro atoms. The lowest BCUT2D eigenvalue weighted by Crippen LogP contribution is -2.53. The van der Waals surface area contributed by atoms with Crippen LogP contribution in [-0.4, -0.2) is 39.4 Å². The molecule has 1 aliphatic rings. The molecule has 6 heteroatoms. The van der Waals surface area contributed by atoms with Gasteiger partial charge in [0.15, 0.2) is 0 Å². The standard InChI is InChI=1S/C19H24N4O2/c1-19(2,20)18(24)23-10-6-7-14(13-23)16-11-21-12-17(22-16)25-15-8-4-3-5-9-15/h3-5,8-9,11-12,14H,6-7,10,13,20H2,1-2H3. The Kier molecular flexibility index (Phi) is 4.99. The number of ether oxygens (including phenoxy) is 1. The largest absolute Gasteiger partial charge is 0.437 e. The molecular formula is C19H24N4O2. The fraction of sp³-hybridized carbons (Fsp3) is 0.421. The topological polar surface area (TPSA) is 81.3 Å². The number of para-hydroxylation sites is 1. The predicted octanol–water partition coefficient (Wildman–Crippen LogP) is 2.71. The fourth-order valence-corrected chi connectivity index (χ4v) is 3.03. The third kappa shape index (κ3) is 4.33. The molecule has 1 saturated heterocycles. The van der Waals surface area contributed by atoms with Crippen LogP contribution in [0.5, 0.6) is 11.6 Å². The van der Waals surface area contributed by atoms with E-state index in [1.165, 1.54) is 0 Å². The number of carbonyl (C=O) groups is 1. The van der Waals surface area contributed by atoms with Crippen molar-refractivity contribution in [2.45, 2.75) is 38.1 Å². The molecule has 132 valence electrons. The summed E-state index contributed by atoms with van der Waals surface area (Å²) in [6.45, 7) is 4.84. The maximum Gasteiger partial charge on any atom is 0.242 e. The Balaban J connectivity index is 1.73. The maximum absolute atomic E-state index is 12.4. The molecule has 1 aliphatic heterocycles. The number of nitrogens with zero attached hydrogens (tertiary/aromatic N) is 3. The molecule has 0 aliphatic carbocycles. The summed E-state index contributed by atoms with van der Waals surface area (Å²) in [6, 6.07) is 9.50. The normalized spacial score (nSPS) is 18.0. The number of amides is 1. The van der Waals surface area contributed by atoms with E-state index in [1.807, 2.05) is 35.2 Å². The first-order chi connectivity index (χ1) is 11.9. The van der Waals surface area contributed by atoms with Crippen LogP contribution >= 0.6 is 0 Å². The van der Waals surface area contributed by atoms with Gasteiger partial charge < -0.3 is 15.4 Å². The molecule has 1 unspecified atom stereocenters. The number of aromatic nitrogens is 2. The number of hydrogen-bond donors (Lipinski definition) is 1. The predicted molar refractivity (Wildman–Crippen MR) is 95.4 cm³/mol. The van der Waals surface area contributed by atoms with Crippen molar-refractivity contribution in [1.29, 1.82) is 0 Å². The van der Waals surface area contributed by atoms with Crippen molar-refractivity contribution < 1.29 is 9.53 Å². The van der Waals surface area contributed by atoms with E-state index in [4.69, 9.17) is 10.5 Å². The van der Waals surface area contributed by atoms with E-state index in [0.717, 1.165) is 30.8 Å². The number of benzene rings is 1. The van der Waals surface area contributed by atoms with Gasteiger partial charge in [-0.2, -0.15) is 0 Å². The first-order valence-corrected chi connectivity index (χ1v) is 8.56. The van der Waals surface area contributed by atoms with Crippen molar-refractivity contribution in [1.82, 2.24) is 14.9 Å². The fourth-order valence-electron chi connectivity index (χ4n) is 3.03. The molecule has 2 aromatic rings. The minimum atomic E-state index is -0.855. The number of carbonyl (C=O) groups excluding carboxylic acids is 1. The summed E-state index contributed by atoms with van der Waals surface area (Å²) in [5.74, 6) is 1.30. The number of piperidine rings is 1. The van der Waals surface area contributed by atoms with Crippen LogP contribution < -0.4 is 10.5 Å². The van der Waals surface area contributed by atoms with Gasteiger partial charge in [-0.15, -0.1) is 0 Å². The van der Waals surface area contributed by atoms with Crippen molar-refractivity contribution in [3.8, 4) is 11.6 Å². The number of hydrogen-bond acceptors (Lipinski definition) is 5. The zero-order valence-electron chi connectivity index (χ0n) is 14.7. The Hall–Kier alpha value is -2.47. The van der Waals surface area contributed by atoms with E-state index in [0.29, 0.717) is 12.4 Å². The molecule has 3 rings (SSSR count). The zero-order chi connectivity index (χ0) is 17.9. The molecule has 1 aromatic carbocycles. The second kappa shape index (κ2) is 7.19. The van der Waals surface area contributed by atoms with Gasteiger partial charge in [0.2, 0.25) is 11.8 Å². The van der Waals surface area contributed by atoms with Crippen LogP contribution in [0.15, 0.2) is 42.7 Å². The van der Waals surface area contributed by atoms with Gasteiger partial charge in [0, 0.05) is 25.2 Å². The van der Waals surface area contributed by atoms with E-state index in [2.05, 4.69) is 9.97 Å². The summed E-state index contributed by atoms with van der Waals surface area (Å²) in [4.78, 5) is 23.1. The second-order valence-corrected chi connectivity index (χ2v) is 7.01. The molecule has 1 aromatic heterocycles. The van der Waals surface area contributed by atoms with Crippen LogP contribution in [0.25, 0.3) is 0 Å². The van der Waals surface area contributed by atoms with E-state index < -0.39 is 5.54 Å². The molecule has 0 bridgehead atoms. The van der Waals surface area contributed by atoms with Crippen LogP contribution in [0.2, 0.25) is 0 Å². The summed E-state index contributed by atoms with van der Waals surface area (Å²) in [7, 11) is 0. The quantitative estimate of drug-likeness (QED) is 0.925. The van der Waals surface area contributed by atoms with Crippen LogP contribution in [0.3, 0.4) is 0 Å². The highest BCUT2D eigenvalue weighted by Crippen LogP contribution is 2.28. The summed E-state index contributed by atoms with van der Waals surface area (Å²) in [5, 5.41) is 0. The van der Waals surface area contributed by atoms with E-state index in [-0.39, 0.29) is 11.8 Å². The van der Waals surface area contributed by atoms with E-state index in [9.17, 15) is 4.79 Å². The second-order valence-electron chi connectivity index (χ2n) is 7.01.